The maximum atomic E-state index is 10.2. The molecule has 0 saturated heterocycles. The first-order valence-corrected chi connectivity index (χ1v) is 7.74. The van der Waals surface area contributed by atoms with Crippen LogP contribution in [-0.4, -0.2) is 35.7 Å². The SMILES string of the molecule is CCCCCN(C)C1CC(C(C)(C)C)CCC1O. The van der Waals surface area contributed by atoms with Crippen LogP contribution in [0.1, 0.15) is 66.2 Å². The van der Waals surface area contributed by atoms with E-state index in [0.717, 1.165) is 25.3 Å². The first-order valence-electron chi connectivity index (χ1n) is 7.74. The molecule has 0 aromatic rings. The van der Waals surface area contributed by atoms with Crippen molar-refractivity contribution in [1.29, 1.82) is 0 Å². The van der Waals surface area contributed by atoms with E-state index in [1.54, 1.807) is 0 Å². The molecule has 0 heterocycles. The fourth-order valence-electron chi connectivity index (χ4n) is 3.17. The Morgan fingerprint density at radius 2 is 1.83 bits per heavy atom. The zero-order chi connectivity index (χ0) is 13.8. The van der Waals surface area contributed by atoms with E-state index in [1.165, 1.54) is 25.7 Å². The highest BCUT2D eigenvalue weighted by Crippen LogP contribution is 2.39. The normalized spacial score (nSPS) is 29.8. The monoisotopic (exact) mass is 255 g/mol. The van der Waals surface area contributed by atoms with Crippen molar-refractivity contribution < 1.29 is 5.11 Å². The lowest BCUT2D eigenvalue weighted by Crippen LogP contribution is -2.47. The predicted molar refractivity (Wildman–Crippen MR) is 78.7 cm³/mol. The first kappa shape index (κ1) is 16.0. The smallest absolute Gasteiger partial charge is 0.0695 e. The minimum atomic E-state index is -0.116. The van der Waals surface area contributed by atoms with Crippen LogP contribution in [0.25, 0.3) is 0 Å². The van der Waals surface area contributed by atoms with Crippen molar-refractivity contribution in [3.63, 3.8) is 0 Å². The lowest BCUT2D eigenvalue weighted by molar-refractivity contribution is -0.00793. The van der Waals surface area contributed by atoms with E-state index in [1.807, 2.05) is 0 Å². The summed E-state index contributed by atoms with van der Waals surface area (Å²) in [5.41, 5.74) is 0.378. The van der Waals surface area contributed by atoms with Gasteiger partial charge in [-0.25, -0.2) is 0 Å². The standard InChI is InChI=1S/C16H33NO/c1-6-7-8-11-17(5)14-12-13(16(2,3)4)9-10-15(14)18/h13-15,18H,6-12H2,1-5H3. The van der Waals surface area contributed by atoms with Gasteiger partial charge in [0, 0.05) is 6.04 Å². The van der Waals surface area contributed by atoms with Crippen LogP contribution >= 0.6 is 0 Å². The molecule has 108 valence electrons. The van der Waals surface area contributed by atoms with Gasteiger partial charge < -0.3 is 10.0 Å². The third-order valence-electron chi connectivity index (χ3n) is 4.69. The molecule has 1 saturated carbocycles. The van der Waals surface area contributed by atoms with Gasteiger partial charge in [0.2, 0.25) is 0 Å². The van der Waals surface area contributed by atoms with Gasteiger partial charge in [-0.15, -0.1) is 0 Å². The predicted octanol–water partition coefficient (Wildman–Crippen LogP) is 3.68. The average Bonchev–Trinajstić information content (AvgIpc) is 2.28. The third-order valence-corrected chi connectivity index (χ3v) is 4.69. The molecule has 0 radical (unpaired) electrons. The molecule has 0 spiro atoms. The molecule has 1 aliphatic carbocycles. The average molecular weight is 255 g/mol. The molecule has 2 heteroatoms. The van der Waals surface area contributed by atoms with Crippen LogP contribution in [0.5, 0.6) is 0 Å². The zero-order valence-corrected chi connectivity index (χ0v) is 13.1. The lowest BCUT2D eigenvalue weighted by Gasteiger charge is -2.43. The van der Waals surface area contributed by atoms with Crippen LogP contribution in [-0.2, 0) is 0 Å². The van der Waals surface area contributed by atoms with E-state index in [2.05, 4.69) is 39.6 Å². The van der Waals surface area contributed by atoms with Gasteiger partial charge in [0.15, 0.2) is 0 Å². The maximum Gasteiger partial charge on any atom is 0.0695 e. The third kappa shape index (κ3) is 4.55. The minimum Gasteiger partial charge on any atom is -0.391 e. The number of aliphatic hydroxyl groups is 1. The van der Waals surface area contributed by atoms with Crippen LogP contribution in [0.2, 0.25) is 0 Å². The number of likely N-dealkylation sites (N-methyl/N-ethyl adjacent to an activating group) is 1. The van der Waals surface area contributed by atoms with E-state index < -0.39 is 0 Å². The van der Waals surface area contributed by atoms with Crippen molar-refractivity contribution in [3.8, 4) is 0 Å². The maximum absolute atomic E-state index is 10.2. The van der Waals surface area contributed by atoms with Gasteiger partial charge in [-0.2, -0.15) is 0 Å². The summed E-state index contributed by atoms with van der Waals surface area (Å²) in [6.07, 6.45) is 7.04. The number of hydrogen-bond acceptors (Lipinski definition) is 2. The summed E-state index contributed by atoms with van der Waals surface area (Å²) in [6.45, 7) is 10.4. The van der Waals surface area contributed by atoms with Crippen LogP contribution in [0.3, 0.4) is 0 Å². The Morgan fingerprint density at radius 3 is 2.39 bits per heavy atom. The van der Waals surface area contributed by atoms with Crippen LogP contribution in [0.15, 0.2) is 0 Å². The minimum absolute atomic E-state index is 0.116. The Kier molecular flexibility index (Phi) is 6.13. The van der Waals surface area contributed by atoms with Crippen LogP contribution in [0, 0.1) is 11.3 Å². The first-order chi connectivity index (χ1) is 8.36. The molecule has 3 unspecified atom stereocenters. The van der Waals surface area contributed by atoms with Crippen molar-refractivity contribution in [3.05, 3.63) is 0 Å². The molecular formula is C16H33NO. The van der Waals surface area contributed by atoms with Crippen molar-refractivity contribution in [2.24, 2.45) is 11.3 Å². The Labute approximate surface area is 114 Å². The van der Waals surface area contributed by atoms with Crippen molar-refractivity contribution in [2.75, 3.05) is 13.6 Å². The Balaban J connectivity index is 2.51. The van der Waals surface area contributed by atoms with Crippen molar-refractivity contribution in [2.45, 2.75) is 78.4 Å². The van der Waals surface area contributed by atoms with Crippen molar-refractivity contribution in [1.82, 2.24) is 4.90 Å². The molecular weight excluding hydrogens is 222 g/mol. The topological polar surface area (TPSA) is 23.5 Å². The summed E-state index contributed by atoms with van der Waals surface area (Å²) in [4.78, 5) is 2.40. The number of unbranched alkanes of at least 4 members (excludes halogenated alkanes) is 2. The molecule has 1 fully saturated rings. The van der Waals surface area contributed by atoms with E-state index in [0.29, 0.717) is 11.5 Å². The molecule has 3 atom stereocenters. The summed E-state index contributed by atoms with van der Waals surface area (Å²) in [7, 11) is 2.19. The van der Waals surface area contributed by atoms with Gasteiger partial charge in [0.25, 0.3) is 0 Å². The summed E-state index contributed by atoms with van der Waals surface area (Å²) < 4.78 is 0. The molecule has 2 nitrogen and oxygen atoms in total. The van der Waals surface area contributed by atoms with Gasteiger partial charge in [0.05, 0.1) is 6.10 Å². The molecule has 1 N–H and O–H groups in total. The van der Waals surface area contributed by atoms with E-state index >= 15 is 0 Å². The molecule has 18 heavy (non-hydrogen) atoms. The fraction of sp³-hybridized carbons (Fsp3) is 1.00. The summed E-state index contributed by atoms with van der Waals surface area (Å²) >= 11 is 0. The largest absolute Gasteiger partial charge is 0.391 e. The second-order valence-electron chi connectivity index (χ2n) is 7.20. The number of rotatable bonds is 5. The molecule has 1 rings (SSSR count). The van der Waals surface area contributed by atoms with Gasteiger partial charge >= 0.3 is 0 Å². The van der Waals surface area contributed by atoms with Gasteiger partial charge in [-0.1, -0.05) is 40.5 Å². The molecule has 0 bridgehead atoms. The highest BCUT2D eigenvalue weighted by atomic mass is 16.3. The quantitative estimate of drug-likeness (QED) is 0.757. The van der Waals surface area contributed by atoms with Gasteiger partial charge in [-0.3, -0.25) is 0 Å². The van der Waals surface area contributed by atoms with Gasteiger partial charge in [-0.05, 0) is 50.6 Å². The Hall–Kier alpha value is -0.0800. The molecule has 1 aliphatic rings. The number of nitrogens with zero attached hydrogens (tertiary/aromatic N) is 1. The Bertz CT molecular complexity index is 234. The highest BCUT2D eigenvalue weighted by molar-refractivity contribution is 4.89. The second kappa shape index (κ2) is 6.91. The highest BCUT2D eigenvalue weighted by Gasteiger charge is 2.36. The Morgan fingerprint density at radius 1 is 1.17 bits per heavy atom. The molecule has 0 aliphatic heterocycles. The zero-order valence-electron chi connectivity index (χ0n) is 13.1. The van der Waals surface area contributed by atoms with Crippen molar-refractivity contribution >= 4 is 0 Å². The summed E-state index contributed by atoms with van der Waals surface area (Å²) in [6, 6.07) is 0.375. The lowest BCUT2D eigenvalue weighted by atomic mass is 9.70. The van der Waals surface area contributed by atoms with Crippen LogP contribution < -0.4 is 0 Å². The molecule has 0 aromatic carbocycles. The van der Waals surface area contributed by atoms with Crippen LogP contribution in [0.4, 0.5) is 0 Å². The van der Waals surface area contributed by atoms with E-state index in [-0.39, 0.29) is 6.10 Å². The van der Waals surface area contributed by atoms with E-state index in [4.69, 9.17) is 0 Å². The number of hydrogen-bond donors (Lipinski definition) is 1. The van der Waals surface area contributed by atoms with Gasteiger partial charge in [0.1, 0.15) is 0 Å². The fourth-order valence-corrected chi connectivity index (χ4v) is 3.17. The second-order valence-corrected chi connectivity index (χ2v) is 7.20. The van der Waals surface area contributed by atoms with E-state index in [9.17, 15) is 5.11 Å². The summed E-state index contributed by atoms with van der Waals surface area (Å²) in [5, 5.41) is 10.2. The molecule has 0 aromatic heterocycles. The summed E-state index contributed by atoms with van der Waals surface area (Å²) in [5.74, 6) is 0.750. The number of aliphatic hydroxyl groups excluding tert-OH is 1. The molecule has 0 amide bonds.